The van der Waals surface area contributed by atoms with Crippen molar-refractivity contribution in [2.75, 3.05) is 12.0 Å². The predicted molar refractivity (Wildman–Crippen MR) is 165 cm³/mol. The molecule has 2 aliphatic carbocycles. The van der Waals surface area contributed by atoms with Crippen molar-refractivity contribution in [2.45, 2.75) is 46.2 Å². The number of rotatable bonds is 8. The second-order valence-electron chi connectivity index (χ2n) is 11.4. The number of pyridine rings is 2. The molecule has 0 amide bonds. The Morgan fingerprint density at radius 3 is 1.31 bits per heavy atom. The second-order valence-corrected chi connectivity index (χ2v) is 15.1. The molecule has 0 saturated heterocycles. The van der Waals surface area contributed by atoms with E-state index in [1.807, 2.05) is 0 Å². The summed E-state index contributed by atoms with van der Waals surface area (Å²) < 4.78 is 168. The van der Waals surface area contributed by atoms with Gasteiger partial charge in [-0.05, 0) is 24.3 Å². The summed E-state index contributed by atoms with van der Waals surface area (Å²) in [6.07, 6.45) is -7.13. The Bertz CT molecular complexity index is 2270. The van der Waals surface area contributed by atoms with E-state index in [1.54, 1.807) is 12.1 Å². The average molecular weight is 805 g/mol. The van der Waals surface area contributed by atoms with Crippen LogP contribution in [-0.2, 0) is 19.7 Å². The molecule has 2 aromatic carbocycles. The third kappa shape index (κ3) is 6.88. The number of halogens is 8. The van der Waals surface area contributed by atoms with Gasteiger partial charge in [-0.3, -0.25) is 9.97 Å². The summed E-state index contributed by atoms with van der Waals surface area (Å²) in [5.41, 5.74) is -3.56. The molecule has 54 heavy (non-hydrogen) atoms. The summed E-state index contributed by atoms with van der Waals surface area (Å²) in [6, 6.07) is 5.37. The number of aliphatic hydroxyl groups excluding tert-OH is 2. The van der Waals surface area contributed by atoms with E-state index >= 15 is 0 Å². The molecule has 0 bridgehead atoms. The second kappa shape index (κ2) is 14.4. The Labute approximate surface area is 299 Å². The van der Waals surface area contributed by atoms with Gasteiger partial charge in [0.25, 0.3) is 0 Å². The average Bonchev–Trinajstić information content (AvgIpc) is 3.45. The number of alkyl halides is 8. The van der Waals surface area contributed by atoms with E-state index < -0.39 is 112 Å². The van der Waals surface area contributed by atoms with Crippen LogP contribution in [0.3, 0.4) is 0 Å². The summed E-state index contributed by atoms with van der Waals surface area (Å²) in [5.74, 6) is -9.90. The van der Waals surface area contributed by atoms with E-state index in [0.717, 1.165) is 36.7 Å². The van der Waals surface area contributed by atoms with Crippen molar-refractivity contribution in [3.63, 3.8) is 0 Å². The van der Waals surface area contributed by atoms with Crippen molar-refractivity contribution < 1.29 is 71.6 Å². The summed E-state index contributed by atoms with van der Waals surface area (Å²) in [6.45, 7) is 0. The van der Waals surface area contributed by atoms with E-state index in [1.165, 1.54) is 24.5 Å². The number of hydrogen-bond donors (Lipinski definition) is 2. The van der Waals surface area contributed by atoms with Gasteiger partial charge < -0.3 is 19.7 Å². The lowest BCUT2D eigenvalue weighted by molar-refractivity contribution is -0.144. The van der Waals surface area contributed by atoms with Crippen LogP contribution in [0.1, 0.15) is 57.9 Å². The normalized spacial score (nSPS) is 20.7. The van der Waals surface area contributed by atoms with Gasteiger partial charge in [0.05, 0.1) is 33.3 Å². The molecule has 0 saturated carbocycles. The first-order valence-electron chi connectivity index (χ1n) is 14.6. The van der Waals surface area contributed by atoms with Crippen LogP contribution in [0.2, 0.25) is 0 Å². The number of fused-ring (bicyclic) bond motifs is 2. The molecule has 0 spiro atoms. The monoisotopic (exact) mass is 804 g/mol. The highest BCUT2D eigenvalue weighted by Crippen LogP contribution is 2.58. The number of nitriles is 2. The molecule has 12 nitrogen and oxygen atoms in total. The fourth-order valence-corrected chi connectivity index (χ4v) is 7.39. The van der Waals surface area contributed by atoms with Crippen molar-refractivity contribution in [1.29, 1.82) is 10.5 Å². The Morgan fingerprint density at radius 1 is 0.648 bits per heavy atom. The van der Waals surface area contributed by atoms with Crippen LogP contribution >= 0.6 is 0 Å². The van der Waals surface area contributed by atoms with Crippen molar-refractivity contribution >= 4 is 19.7 Å². The first-order valence-corrected chi connectivity index (χ1v) is 17.9. The van der Waals surface area contributed by atoms with Gasteiger partial charge in [0.1, 0.15) is 47.3 Å². The third-order valence-corrected chi connectivity index (χ3v) is 10.6. The zero-order chi connectivity index (χ0) is 40.0. The lowest BCUT2D eigenvalue weighted by Gasteiger charge is -2.16. The molecule has 2 aromatic heterocycles. The zero-order valence-electron chi connectivity index (χ0n) is 26.5. The number of hydrogen-bond acceptors (Lipinski definition) is 12. The molecule has 0 radical (unpaired) electrons. The van der Waals surface area contributed by atoms with Crippen LogP contribution < -0.4 is 9.47 Å². The van der Waals surface area contributed by atoms with Gasteiger partial charge in [-0.25, -0.2) is 34.4 Å². The van der Waals surface area contributed by atoms with Crippen LogP contribution in [0.15, 0.2) is 71.0 Å². The fraction of sp³-hybridized carbons (Fsp3) is 0.250. The highest BCUT2D eigenvalue weighted by atomic mass is 32.2. The number of ether oxygens (including phenoxy) is 2. The molecule has 0 unspecified atom stereocenters. The van der Waals surface area contributed by atoms with Crippen LogP contribution in [0.25, 0.3) is 0 Å². The molecule has 2 heterocycles. The minimum atomic E-state index is -4.67. The molecule has 4 atom stereocenters. The van der Waals surface area contributed by atoms with E-state index in [0.29, 0.717) is 0 Å². The van der Waals surface area contributed by atoms with Crippen molar-refractivity contribution in [1.82, 2.24) is 9.97 Å². The molecule has 284 valence electrons. The number of benzene rings is 2. The van der Waals surface area contributed by atoms with Crippen LogP contribution in [0.5, 0.6) is 23.0 Å². The summed E-state index contributed by atoms with van der Waals surface area (Å²) in [7, 11) is -9.34. The van der Waals surface area contributed by atoms with E-state index in [9.17, 15) is 62.2 Å². The molecule has 22 heteroatoms. The number of sulfone groups is 2. The standard InChI is InChI=1S/2C16H10F4N2O4S/c2*17-7-27(24,25)11-2-1-10(26-9-3-8(4-21)5-22-6-9)12-13(11)15(23)16(19,20)14(12)18/h2*1-3,5-6,14-15,23H,7H2/t14-,15+;14-,15-/m10/s1. The number of aliphatic hydroxyl groups is 2. The van der Waals surface area contributed by atoms with Crippen LogP contribution in [-0.4, -0.2) is 60.9 Å². The van der Waals surface area contributed by atoms with Gasteiger partial charge >= 0.3 is 11.8 Å². The zero-order valence-corrected chi connectivity index (χ0v) is 28.1. The highest BCUT2D eigenvalue weighted by Gasteiger charge is 2.60. The van der Waals surface area contributed by atoms with Crippen LogP contribution in [0.4, 0.5) is 35.1 Å². The molecule has 0 aliphatic heterocycles. The predicted octanol–water partition coefficient (Wildman–Crippen LogP) is 6.28. The van der Waals surface area contributed by atoms with E-state index in [4.69, 9.17) is 20.0 Å². The Kier molecular flexibility index (Phi) is 10.6. The van der Waals surface area contributed by atoms with Gasteiger partial charge in [-0.1, -0.05) is 0 Å². The van der Waals surface area contributed by atoms with Crippen molar-refractivity contribution in [3.05, 3.63) is 94.6 Å². The maximum absolute atomic E-state index is 14.4. The topological polar surface area (TPSA) is 201 Å². The summed E-state index contributed by atoms with van der Waals surface area (Å²) in [4.78, 5) is 5.50. The maximum Gasteiger partial charge on any atom is 0.312 e. The highest BCUT2D eigenvalue weighted by molar-refractivity contribution is 7.91. The third-order valence-electron chi connectivity index (χ3n) is 7.97. The molecule has 4 aromatic rings. The quantitative estimate of drug-likeness (QED) is 0.189. The lowest BCUT2D eigenvalue weighted by atomic mass is 10.1. The minimum absolute atomic E-state index is 0.0722. The minimum Gasteiger partial charge on any atom is -0.455 e. The lowest BCUT2D eigenvalue weighted by Crippen LogP contribution is -2.24. The van der Waals surface area contributed by atoms with E-state index in [-0.39, 0.29) is 22.6 Å². The Balaban J connectivity index is 0.000000208. The first kappa shape index (κ1) is 39.8. The SMILES string of the molecule is N#Cc1cncc(Oc2ccc(S(=O)(=O)CF)c3c2[C@@H](F)C(F)(F)[C@H]3O)c1.N#Cc1cncc(Oc2ccc(S(=O)(=O)CF)c3c2[C@H](F)C(F)(F)[C@H]3O)c1. The van der Waals surface area contributed by atoms with Crippen LogP contribution in [0, 0.1) is 22.7 Å². The summed E-state index contributed by atoms with van der Waals surface area (Å²) >= 11 is 0. The summed E-state index contributed by atoms with van der Waals surface area (Å²) in [5, 5.41) is 37.3. The van der Waals surface area contributed by atoms with Gasteiger partial charge in [-0.2, -0.15) is 28.1 Å². The molecule has 6 rings (SSSR count). The Hall–Kier alpha value is -5.42. The molecular weight excluding hydrogens is 784 g/mol. The van der Waals surface area contributed by atoms with Gasteiger partial charge in [0.15, 0.2) is 24.4 Å². The number of aromatic nitrogens is 2. The molecule has 0 fully saturated rings. The van der Waals surface area contributed by atoms with Gasteiger partial charge in [0, 0.05) is 46.8 Å². The molecular formula is C32H20F8N4O8S2. The number of nitrogens with zero attached hydrogens (tertiary/aromatic N) is 4. The smallest absolute Gasteiger partial charge is 0.312 e. The fourth-order valence-electron chi connectivity index (χ4n) is 5.49. The van der Waals surface area contributed by atoms with Gasteiger partial charge in [0.2, 0.25) is 19.7 Å². The molecule has 2 aliphatic rings. The van der Waals surface area contributed by atoms with Crippen molar-refractivity contribution in [2.24, 2.45) is 0 Å². The van der Waals surface area contributed by atoms with Crippen molar-refractivity contribution in [3.8, 4) is 35.1 Å². The Morgan fingerprint density at radius 2 is 1.00 bits per heavy atom. The molecule has 2 N–H and O–H groups in total. The largest absolute Gasteiger partial charge is 0.455 e. The van der Waals surface area contributed by atoms with E-state index in [2.05, 4.69) is 9.97 Å². The van der Waals surface area contributed by atoms with Gasteiger partial charge in [-0.15, -0.1) is 0 Å². The maximum atomic E-state index is 14.4. The first-order chi connectivity index (χ1) is 25.3.